The zero-order chi connectivity index (χ0) is 18.2. The highest BCUT2D eigenvalue weighted by Gasteiger charge is 2.34. The van der Waals surface area contributed by atoms with Crippen LogP contribution >= 0.6 is 0 Å². The lowest BCUT2D eigenvalue weighted by molar-refractivity contribution is -0.139. The number of benzene rings is 1. The van der Waals surface area contributed by atoms with E-state index in [9.17, 15) is 22.4 Å². The maximum atomic E-state index is 13.4. The third kappa shape index (κ3) is 3.37. The van der Waals surface area contributed by atoms with Crippen molar-refractivity contribution in [2.45, 2.75) is 6.18 Å². The molecule has 0 saturated carbocycles. The number of nitrogens with zero attached hydrogens (tertiary/aromatic N) is 1. The summed E-state index contributed by atoms with van der Waals surface area (Å²) in [5, 5.41) is 0.591. The van der Waals surface area contributed by atoms with E-state index >= 15 is 0 Å². The standard InChI is InChI=1S/C17H11F4N3O/c18-14-3-1-9(6-13(14)17(19,20)21)11-5-12-10(2-4-15(22)25)7-23-16(12)24-8-11/h1-8H,(H2,22,25)(H,23,24). The fourth-order valence-corrected chi connectivity index (χ4v) is 2.41. The highest BCUT2D eigenvalue weighted by molar-refractivity contribution is 5.95. The number of nitrogens with one attached hydrogen (secondary N) is 1. The number of halogens is 4. The van der Waals surface area contributed by atoms with Gasteiger partial charge in [-0.15, -0.1) is 0 Å². The van der Waals surface area contributed by atoms with Gasteiger partial charge >= 0.3 is 6.18 Å². The van der Waals surface area contributed by atoms with Gasteiger partial charge in [0.15, 0.2) is 0 Å². The third-order valence-corrected chi connectivity index (χ3v) is 3.60. The maximum Gasteiger partial charge on any atom is 0.419 e. The summed E-state index contributed by atoms with van der Waals surface area (Å²) in [4.78, 5) is 17.9. The summed E-state index contributed by atoms with van der Waals surface area (Å²) >= 11 is 0. The monoisotopic (exact) mass is 349 g/mol. The number of aromatic amines is 1. The number of hydrogen-bond acceptors (Lipinski definition) is 2. The normalized spacial score (nSPS) is 12.2. The molecule has 0 fully saturated rings. The number of fused-ring (bicyclic) bond motifs is 1. The molecule has 0 spiro atoms. The van der Waals surface area contributed by atoms with Gasteiger partial charge in [0.05, 0.1) is 5.56 Å². The lowest BCUT2D eigenvalue weighted by Gasteiger charge is -2.10. The molecule has 3 aromatic rings. The van der Waals surface area contributed by atoms with E-state index in [1.54, 1.807) is 12.3 Å². The van der Waals surface area contributed by atoms with Gasteiger partial charge in [0.2, 0.25) is 5.91 Å². The molecule has 3 N–H and O–H groups in total. The molecule has 0 aliphatic carbocycles. The fraction of sp³-hybridized carbons (Fsp3) is 0.0588. The Labute approximate surface area is 139 Å². The minimum atomic E-state index is -4.79. The van der Waals surface area contributed by atoms with Crippen LogP contribution in [-0.2, 0) is 11.0 Å². The molecule has 2 aromatic heterocycles. The predicted octanol–water partition coefficient (Wildman–Crippen LogP) is 3.89. The molecule has 0 unspecified atom stereocenters. The molecule has 3 rings (SSSR count). The van der Waals surface area contributed by atoms with Crippen LogP contribution in [-0.4, -0.2) is 15.9 Å². The van der Waals surface area contributed by atoms with Crippen LogP contribution in [0.1, 0.15) is 11.1 Å². The molecular weight excluding hydrogens is 338 g/mol. The quantitative estimate of drug-likeness (QED) is 0.556. The molecule has 0 radical (unpaired) electrons. The van der Waals surface area contributed by atoms with E-state index in [0.29, 0.717) is 22.2 Å². The molecule has 4 nitrogen and oxygen atoms in total. The summed E-state index contributed by atoms with van der Waals surface area (Å²) in [5.41, 5.74) is 5.36. The zero-order valence-corrected chi connectivity index (χ0v) is 12.6. The van der Waals surface area contributed by atoms with Crippen molar-refractivity contribution < 1.29 is 22.4 Å². The number of carbonyl (C=O) groups is 1. The van der Waals surface area contributed by atoms with Crippen LogP contribution in [0.5, 0.6) is 0 Å². The molecule has 0 aliphatic heterocycles. The van der Waals surface area contributed by atoms with E-state index in [1.165, 1.54) is 18.3 Å². The number of hydrogen-bond donors (Lipinski definition) is 2. The Hall–Kier alpha value is -3.16. The minimum Gasteiger partial charge on any atom is -0.366 e. The van der Waals surface area contributed by atoms with E-state index < -0.39 is 23.5 Å². The van der Waals surface area contributed by atoms with E-state index in [2.05, 4.69) is 9.97 Å². The number of rotatable bonds is 3. The largest absolute Gasteiger partial charge is 0.419 e. The number of nitrogens with two attached hydrogens (primary N) is 1. The van der Waals surface area contributed by atoms with Gasteiger partial charge in [-0.05, 0) is 29.8 Å². The summed E-state index contributed by atoms with van der Waals surface area (Å²) in [7, 11) is 0. The number of carbonyl (C=O) groups excluding carboxylic acids is 1. The number of amides is 1. The summed E-state index contributed by atoms with van der Waals surface area (Å²) in [6.45, 7) is 0. The zero-order valence-electron chi connectivity index (χ0n) is 12.6. The Bertz CT molecular complexity index is 989. The molecule has 2 heterocycles. The van der Waals surface area contributed by atoms with Gasteiger partial charge in [0.25, 0.3) is 0 Å². The first-order chi connectivity index (χ1) is 11.8. The number of H-pyrrole nitrogens is 1. The second-order valence-electron chi connectivity index (χ2n) is 5.29. The molecule has 1 aromatic carbocycles. The molecule has 0 saturated heterocycles. The first-order valence-electron chi connectivity index (χ1n) is 7.07. The minimum absolute atomic E-state index is 0.175. The van der Waals surface area contributed by atoms with Crippen molar-refractivity contribution in [3.8, 4) is 11.1 Å². The summed E-state index contributed by atoms with van der Waals surface area (Å²) in [6.07, 6.45) is 0.814. The van der Waals surface area contributed by atoms with Crippen molar-refractivity contribution in [1.29, 1.82) is 0 Å². The molecule has 1 amide bonds. The number of alkyl halides is 3. The Morgan fingerprint density at radius 2 is 1.96 bits per heavy atom. The Kier molecular flexibility index (Phi) is 4.03. The van der Waals surface area contributed by atoms with Crippen molar-refractivity contribution in [3.63, 3.8) is 0 Å². The number of pyridine rings is 1. The molecule has 0 aliphatic rings. The van der Waals surface area contributed by atoms with E-state index in [-0.39, 0.29) is 5.56 Å². The molecule has 8 heteroatoms. The number of primary amides is 1. The smallest absolute Gasteiger partial charge is 0.366 e. The second-order valence-corrected chi connectivity index (χ2v) is 5.29. The van der Waals surface area contributed by atoms with Crippen LogP contribution in [0, 0.1) is 5.82 Å². The van der Waals surface area contributed by atoms with Crippen molar-refractivity contribution >= 4 is 23.0 Å². The third-order valence-electron chi connectivity index (χ3n) is 3.60. The lowest BCUT2D eigenvalue weighted by atomic mass is 10.0. The second kappa shape index (κ2) is 6.04. The van der Waals surface area contributed by atoms with Crippen molar-refractivity contribution in [2.75, 3.05) is 0 Å². The number of aromatic nitrogens is 2. The Morgan fingerprint density at radius 3 is 2.64 bits per heavy atom. The first-order valence-corrected chi connectivity index (χ1v) is 7.07. The van der Waals surface area contributed by atoms with Gasteiger partial charge in [-0.1, -0.05) is 6.07 Å². The summed E-state index contributed by atoms with van der Waals surface area (Å²) < 4.78 is 52.1. The molecular formula is C17H11F4N3O. The van der Waals surface area contributed by atoms with Crippen LogP contribution < -0.4 is 5.73 Å². The fourth-order valence-electron chi connectivity index (χ4n) is 2.41. The average molecular weight is 349 g/mol. The first kappa shape index (κ1) is 16.7. The molecule has 0 atom stereocenters. The average Bonchev–Trinajstić information content (AvgIpc) is 2.94. The van der Waals surface area contributed by atoms with Gasteiger partial charge in [-0.25, -0.2) is 9.37 Å². The Balaban J connectivity index is 2.11. The highest BCUT2D eigenvalue weighted by Crippen LogP contribution is 2.34. The maximum absolute atomic E-state index is 13.4. The highest BCUT2D eigenvalue weighted by atomic mass is 19.4. The van der Waals surface area contributed by atoms with Crippen molar-refractivity contribution in [3.05, 3.63) is 59.7 Å². The summed E-state index contributed by atoms with van der Waals surface area (Å²) in [5.74, 6) is -1.97. The topological polar surface area (TPSA) is 71.8 Å². The van der Waals surface area contributed by atoms with Crippen molar-refractivity contribution in [2.24, 2.45) is 5.73 Å². The molecule has 0 bridgehead atoms. The SMILES string of the molecule is NC(=O)C=Cc1c[nH]c2ncc(-c3ccc(F)c(C(F)(F)F)c3)cc12. The van der Waals surface area contributed by atoms with E-state index in [4.69, 9.17) is 5.73 Å². The van der Waals surface area contributed by atoms with Gasteiger partial charge in [0.1, 0.15) is 11.5 Å². The lowest BCUT2D eigenvalue weighted by Crippen LogP contribution is -2.08. The van der Waals surface area contributed by atoms with Gasteiger partial charge < -0.3 is 10.7 Å². The molecule has 25 heavy (non-hydrogen) atoms. The van der Waals surface area contributed by atoms with Crippen LogP contribution in [0.2, 0.25) is 0 Å². The van der Waals surface area contributed by atoms with Crippen LogP contribution in [0.25, 0.3) is 28.2 Å². The van der Waals surface area contributed by atoms with Crippen LogP contribution in [0.4, 0.5) is 17.6 Å². The van der Waals surface area contributed by atoms with Crippen LogP contribution in [0.3, 0.4) is 0 Å². The van der Waals surface area contributed by atoms with Crippen LogP contribution in [0.15, 0.2) is 42.7 Å². The van der Waals surface area contributed by atoms with Gasteiger partial charge in [0, 0.05) is 35.0 Å². The Morgan fingerprint density at radius 1 is 1.20 bits per heavy atom. The van der Waals surface area contributed by atoms with Gasteiger partial charge in [-0.2, -0.15) is 13.2 Å². The van der Waals surface area contributed by atoms with E-state index in [0.717, 1.165) is 18.2 Å². The van der Waals surface area contributed by atoms with E-state index in [1.807, 2.05) is 0 Å². The summed E-state index contributed by atoms with van der Waals surface area (Å²) in [6, 6.07) is 4.36. The van der Waals surface area contributed by atoms with Crippen molar-refractivity contribution in [1.82, 2.24) is 9.97 Å². The van der Waals surface area contributed by atoms with Gasteiger partial charge in [-0.3, -0.25) is 4.79 Å². The molecule has 128 valence electrons. The predicted molar refractivity (Wildman–Crippen MR) is 84.7 cm³/mol.